The number of benzene rings is 4. The van der Waals surface area contributed by atoms with Gasteiger partial charge in [0.15, 0.2) is 5.13 Å². The van der Waals surface area contributed by atoms with Crippen LogP contribution in [0.3, 0.4) is 0 Å². The zero-order valence-corrected chi connectivity index (χ0v) is 26.8. The second-order valence-electron chi connectivity index (χ2n) is 9.77. The number of nitrogens with zero attached hydrogens (tertiary/aromatic N) is 1. The number of thioether (sulfide) groups is 1. The second-order valence-corrected chi connectivity index (χ2v) is 12.5. The Kier molecular flexibility index (Phi) is 10.5. The predicted molar refractivity (Wildman–Crippen MR) is 183 cm³/mol. The highest BCUT2D eigenvalue weighted by Gasteiger charge is 2.21. The number of rotatable bonds is 11. The molecule has 0 aliphatic heterocycles. The van der Waals surface area contributed by atoms with Gasteiger partial charge in [-0.2, -0.15) is 0 Å². The number of halogens is 1. The Hall–Kier alpha value is -4.64. The van der Waals surface area contributed by atoms with Crippen LogP contribution in [-0.4, -0.2) is 35.1 Å². The molecule has 1 aromatic heterocycles. The molecule has 0 saturated carbocycles. The summed E-state index contributed by atoms with van der Waals surface area (Å²) >= 11 is 8.80. The van der Waals surface area contributed by atoms with Crippen LogP contribution in [-0.2, 0) is 9.59 Å². The molecule has 228 valence electrons. The molecule has 5 aromatic rings. The Balaban J connectivity index is 1.29. The van der Waals surface area contributed by atoms with Crippen LogP contribution in [0.1, 0.15) is 29.3 Å². The number of anilines is 2. The van der Waals surface area contributed by atoms with E-state index in [1.807, 2.05) is 37.3 Å². The van der Waals surface area contributed by atoms with Crippen LogP contribution in [0.25, 0.3) is 16.3 Å². The monoisotopic (exact) mass is 656 g/mol. The summed E-state index contributed by atoms with van der Waals surface area (Å²) < 4.78 is 6.20. The molecule has 4 aromatic carbocycles. The zero-order valence-electron chi connectivity index (χ0n) is 24.4. The van der Waals surface area contributed by atoms with Crippen molar-refractivity contribution in [2.45, 2.75) is 23.5 Å². The molecule has 1 heterocycles. The minimum atomic E-state index is -0.506. The number of fused-ring (bicyclic) bond motifs is 1. The maximum Gasteiger partial charge on any atom is 0.272 e. The lowest BCUT2D eigenvalue weighted by atomic mass is 10.1. The smallest absolute Gasteiger partial charge is 0.272 e. The average molecular weight is 657 g/mol. The van der Waals surface area contributed by atoms with Crippen LogP contribution in [0.2, 0.25) is 5.02 Å². The fraction of sp³-hybridized carbons (Fsp3) is 0.118. The number of ether oxygens (including phenoxy) is 1. The van der Waals surface area contributed by atoms with Crippen LogP contribution in [0.15, 0.2) is 108 Å². The lowest BCUT2D eigenvalue weighted by molar-refractivity contribution is -0.116. The molecule has 3 N–H and O–H groups in total. The largest absolute Gasteiger partial charge is 0.497 e. The standard InChI is InChI=1S/C34H29ClN4O4S2/c1-3-29(33(42)39-34-38-27-17-16-25(43-2)20-30(27)45-34)44-26-11-7-10-24(19-26)36-32(41)28(18-21-12-14-23(35)15-13-21)37-31(40)22-8-5-4-6-9-22/h4-20,29H,3H2,1-2H3,(H,36,41)(H,37,40)(H,38,39,42)/b28-18-. The fourth-order valence-corrected chi connectivity index (χ4v) is 6.31. The van der Waals surface area contributed by atoms with Crippen molar-refractivity contribution in [3.63, 3.8) is 0 Å². The highest BCUT2D eigenvalue weighted by Crippen LogP contribution is 2.32. The average Bonchev–Trinajstić information content (AvgIpc) is 3.46. The summed E-state index contributed by atoms with van der Waals surface area (Å²) in [5.74, 6) is -0.364. The van der Waals surface area contributed by atoms with Crippen molar-refractivity contribution < 1.29 is 19.1 Å². The third kappa shape index (κ3) is 8.51. The van der Waals surface area contributed by atoms with E-state index in [0.717, 1.165) is 20.9 Å². The number of carbonyl (C=O) groups is 3. The fourth-order valence-electron chi connectivity index (χ4n) is 4.27. The maximum atomic E-state index is 13.5. The third-order valence-electron chi connectivity index (χ3n) is 6.57. The number of hydrogen-bond donors (Lipinski definition) is 3. The lowest BCUT2D eigenvalue weighted by Gasteiger charge is -2.15. The van der Waals surface area contributed by atoms with Gasteiger partial charge >= 0.3 is 0 Å². The van der Waals surface area contributed by atoms with Gasteiger partial charge in [0.2, 0.25) is 5.91 Å². The first-order chi connectivity index (χ1) is 21.8. The predicted octanol–water partition coefficient (Wildman–Crippen LogP) is 7.88. The Morgan fingerprint density at radius 3 is 2.47 bits per heavy atom. The van der Waals surface area contributed by atoms with Crippen LogP contribution >= 0.6 is 34.7 Å². The molecule has 0 bridgehead atoms. The van der Waals surface area contributed by atoms with E-state index in [2.05, 4.69) is 20.9 Å². The van der Waals surface area contributed by atoms with Gasteiger partial charge in [-0.05, 0) is 78.7 Å². The van der Waals surface area contributed by atoms with Gasteiger partial charge in [-0.15, -0.1) is 11.8 Å². The number of aromatic nitrogens is 1. The summed E-state index contributed by atoms with van der Waals surface area (Å²) in [5, 5.41) is 9.22. The molecular weight excluding hydrogens is 628 g/mol. The Bertz CT molecular complexity index is 1860. The summed E-state index contributed by atoms with van der Waals surface area (Å²) in [6, 6.07) is 28.4. The van der Waals surface area contributed by atoms with E-state index in [1.165, 1.54) is 23.1 Å². The molecule has 3 amide bonds. The van der Waals surface area contributed by atoms with E-state index in [1.54, 1.807) is 79.9 Å². The minimum absolute atomic E-state index is 0.0588. The normalized spacial score (nSPS) is 11.9. The molecule has 0 spiro atoms. The molecule has 45 heavy (non-hydrogen) atoms. The van der Waals surface area contributed by atoms with Gasteiger partial charge in [0.25, 0.3) is 11.8 Å². The molecule has 0 aliphatic carbocycles. The molecule has 0 radical (unpaired) electrons. The Morgan fingerprint density at radius 1 is 0.956 bits per heavy atom. The molecule has 0 saturated heterocycles. The molecule has 0 fully saturated rings. The van der Waals surface area contributed by atoms with Crippen LogP contribution < -0.4 is 20.7 Å². The topological polar surface area (TPSA) is 109 Å². The first-order valence-corrected chi connectivity index (χ1v) is 16.1. The van der Waals surface area contributed by atoms with Gasteiger partial charge < -0.3 is 20.7 Å². The van der Waals surface area contributed by atoms with Gasteiger partial charge in [-0.3, -0.25) is 14.4 Å². The molecule has 1 unspecified atom stereocenters. The van der Waals surface area contributed by atoms with Gasteiger partial charge in [0.05, 0.1) is 22.6 Å². The third-order valence-corrected chi connectivity index (χ3v) is 9.11. The van der Waals surface area contributed by atoms with E-state index >= 15 is 0 Å². The zero-order chi connectivity index (χ0) is 31.8. The summed E-state index contributed by atoms with van der Waals surface area (Å²) in [6.07, 6.45) is 2.16. The van der Waals surface area contributed by atoms with E-state index in [9.17, 15) is 14.4 Å². The van der Waals surface area contributed by atoms with E-state index in [-0.39, 0.29) is 11.6 Å². The van der Waals surface area contributed by atoms with Crippen LogP contribution in [0.5, 0.6) is 5.75 Å². The van der Waals surface area contributed by atoms with Crippen molar-refractivity contribution in [2.24, 2.45) is 0 Å². The van der Waals surface area contributed by atoms with Crippen molar-refractivity contribution in [1.29, 1.82) is 0 Å². The van der Waals surface area contributed by atoms with E-state index in [0.29, 0.717) is 33.4 Å². The minimum Gasteiger partial charge on any atom is -0.497 e. The summed E-state index contributed by atoms with van der Waals surface area (Å²) in [4.78, 5) is 44.9. The van der Waals surface area contributed by atoms with Gasteiger partial charge in [-0.25, -0.2) is 4.98 Å². The van der Waals surface area contributed by atoms with Crippen molar-refractivity contribution in [3.8, 4) is 5.75 Å². The summed E-state index contributed by atoms with van der Waals surface area (Å²) in [7, 11) is 1.61. The highest BCUT2D eigenvalue weighted by molar-refractivity contribution is 8.00. The van der Waals surface area contributed by atoms with E-state index < -0.39 is 17.1 Å². The van der Waals surface area contributed by atoms with E-state index in [4.69, 9.17) is 16.3 Å². The summed E-state index contributed by atoms with van der Waals surface area (Å²) in [6.45, 7) is 1.94. The molecular formula is C34H29ClN4O4S2. The van der Waals surface area contributed by atoms with Crippen LogP contribution in [0, 0.1) is 0 Å². The number of methoxy groups -OCH3 is 1. The number of amides is 3. The first kappa shape index (κ1) is 31.8. The van der Waals surface area contributed by atoms with Gasteiger partial charge in [0, 0.05) is 21.2 Å². The van der Waals surface area contributed by atoms with Crippen molar-refractivity contribution >= 4 is 79.5 Å². The maximum absolute atomic E-state index is 13.5. The molecule has 8 nitrogen and oxygen atoms in total. The SMILES string of the molecule is CCC(Sc1cccc(NC(=O)/C(=C/c2ccc(Cl)cc2)NC(=O)c2ccccc2)c1)C(=O)Nc1nc2ccc(OC)cc2s1. The van der Waals surface area contributed by atoms with Gasteiger partial charge in [0.1, 0.15) is 11.4 Å². The number of carbonyl (C=O) groups excluding carboxylic acids is 3. The number of nitrogens with one attached hydrogen (secondary N) is 3. The summed E-state index contributed by atoms with van der Waals surface area (Å²) in [5.41, 5.74) is 2.45. The molecule has 11 heteroatoms. The quantitative estimate of drug-likeness (QED) is 0.0986. The molecule has 1 atom stereocenters. The first-order valence-electron chi connectivity index (χ1n) is 14.0. The lowest BCUT2D eigenvalue weighted by Crippen LogP contribution is -2.30. The Labute approximate surface area is 273 Å². The van der Waals surface area contributed by atoms with Crippen LogP contribution in [0.4, 0.5) is 10.8 Å². The van der Waals surface area contributed by atoms with Gasteiger partial charge in [-0.1, -0.05) is 66.3 Å². The Morgan fingerprint density at radius 2 is 1.73 bits per heavy atom. The second kappa shape index (κ2) is 14.9. The van der Waals surface area contributed by atoms with Crippen molar-refractivity contribution in [3.05, 3.63) is 119 Å². The van der Waals surface area contributed by atoms with Crippen molar-refractivity contribution in [2.75, 3.05) is 17.7 Å². The van der Waals surface area contributed by atoms with Crippen molar-refractivity contribution in [1.82, 2.24) is 10.3 Å². The molecule has 5 rings (SSSR count). The number of hydrogen-bond acceptors (Lipinski definition) is 7. The highest BCUT2D eigenvalue weighted by atomic mass is 35.5. The molecule has 0 aliphatic rings. The number of thiazole rings is 1.